The highest BCUT2D eigenvalue weighted by molar-refractivity contribution is 5.89. The first-order chi connectivity index (χ1) is 10.7. The maximum Gasteiger partial charge on any atom is 0.338 e. The van der Waals surface area contributed by atoms with Gasteiger partial charge in [-0.15, -0.1) is 0 Å². The van der Waals surface area contributed by atoms with E-state index in [1.165, 1.54) is 0 Å². The summed E-state index contributed by atoms with van der Waals surface area (Å²) in [6.07, 6.45) is 3.18. The number of rotatable bonds is 3. The molecule has 116 valence electrons. The number of esters is 1. The predicted molar refractivity (Wildman–Crippen MR) is 81.5 cm³/mol. The second kappa shape index (κ2) is 6.32. The number of nitrogens with zero attached hydrogens (tertiary/aromatic N) is 2. The van der Waals surface area contributed by atoms with E-state index >= 15 is 0 Å². The summed E-state index contributed by atoms with van der Waals surface area (Å²) in [4.78, 5) is 12.3. The van der Waals surface area contributed by atoms with Gasteiger partial charge in [-0.1, -0.05) is 18.2 Å². The van der Waals surface area contributed by atoms with Gasteiger partial charge in [0.25, 0.3) is 0 Å². The van der Waals surface area contributed by atoms with Crippen molar-refractivity contribution < 1.29 is 14.6 Å². The van der Waals surface area contributed by atoms with Crippen molar-refractivity contribution in [2.45, 2.75) is 37.4 Å². The molecule has 1 aromatic heterocycles. The van der Waals surface area contributed by atoms with Gasteiger partial charge in [-0.05, 0) is 37.5 Å². The lowest BCUT2D eigenvalue weighted by Crippen LogP contribution is -2.38. The second-order valence-electron chi connectivity index (χ2n) is 5.71. The highest BCUT2D eigenvalue weighted by Gasteiger charge is 2.37. The number of benzene rings is 1. The summed E-state index contributed by atoms with van der Waals surface area (Å²) in [5.74, 6) is -0.569. The maximum absolute atomic E-state index is 12.3. The molecule has 0 saturated heterocycles. The molecular weight excluding hydrogens is 280 g/mol. The fraction of sp³-hybridized carbons (Fsp3) is 0.412. The number of hydrogen-bond donors (Lipinski definition) is 1. The predicted octanol–water partition coefficient (Wildman–Crippen LogP) is 2.27. The molecule has 1 aliphatic carbocycles. The van der Waals surface area contributed by atoms with Gasteiger partial charge in [-0.2, -0.15) is 5.10 Å². The monoisotopic (exact) mass is 300 g/mol. The summed E-state index contributed by atoms with van der Waals surface area (Å²) in [5.41, 5.74) is 1.43. The zero-order chi connectivity index (χ0) is 15.5. The molecular formula is C17H20N2O3. The normalized spacial score (nSPS) is 24.9. The van der Waals surface area contributed by atoms with Crippen LogP contribution in [0, 0.1) is 0 Å². The van der Waals surface area contributed by atoms with Crippen molar-refractivity contribution in [1.29, 1.82) is 0 Å². The number of aromatic nitrogens is 2. The average molecular weight is 300 g/mol. The van der Waals surface area contributed by atoms with Crippen molar-refractivity contribution in [3.05, 3.63) is 53.9 Å². The van der Waals surface area contributed by atoms with Crippen LogP contribution in [0.3, 0.4) is 0 Å². The molecule has 0 bridgehead atoms. The first-order valence-electron chi connectivity index (χ1n) is 7.59. The minimum Gasteiger partial charge on any atom is -0.458 e. The van der Waals surface area contributed by atoms with Gasteiger partial charge < -0.3 is 9.84 Å². The Morgan fingerprint density at radius 3 is 2.73 bits per heavy atom. The van der Waals surface area contributed by atoms with Gasteiger partial charge in [-0.25, -0.2) is 4.79 Å². The zero-order valence-corrected chi connectivity index (χ0v) is 12.6. The highest BCUT2D eigenvalue weighted by Crippen LogP contribution is 2.35. The van der Waals surface area contributed by atoms with Crippen molar-refractivity contribution in [3.63, 3.8) is 0 Å². The van der Waals surface area contributed by atoms with Crippen LogP contribution in [0.5, 0.6) is 0 Å². The Labute approximate surface area is 129 Å². The maximum atomic E-state index is 12.3. The van der Waals surface area contributed by atoms with Gasteiger partial charge in [0.2, 0.25) is 0 Å². The molecule has 3 atom stereocenters. The van der Waals surface area contributed by atoms with Crippen molar-refractivity contribution in [2.24, 2.45) is 7.05 Å². The molecule has 1 aromatic carbocycles. The Morgan fingerprint density at radius 1 is 1.27 bits per heavy atom. The third kappa shape index (κ3) is 2.90. The van der Waals surface area contributed by atoms with E-state index in [0.717, 1.165) is 25.0 Å². The number of ether oxygens (including phenoxy) is 1. The first-order valence-corrected chi connectivity index (χ1v) is 7.59. The lowest BCUT2D eigenvalue weighted by atomic mass is 9.81. The Hall–Kier alpha value is -2.14. The van der Waals surface area contributed by atoms with Crippen LogP contribution in [0.4, 0.5) is 0 Å². The van der Waals surface area contributed by atoms with E-state index in [1.54, 1.807) is 23.0 Å². The van der Waals surface area contributed by atoms with Crippen molar-refractivity contribution in [2.75, 3.05) is 0 Å². The quantitative estimate of drug-likeness (QED) is 0.883. The van der Waals surface area contributed by atoms with Gasteiger partial charge in [0.15, 0.2) is 0 Å². The van der Waals surface area contributed by atoms with Crippen LogP contribution in [-0.2, 0) is 11.8 Å². The van der Waals surface area contributed by atoms with Crippen LogP contribution in [0.2, 0.25) is 0 Å². The Morgan fingerprint density at radius 2 is 2.05 bits per heavy atom. The SMILES string of the molecule is Cn1nccc1C1C(O)CCCC1OC(=O)c1ccccc1. The summed E-state index contributed by atoms with van der Waals surface area (Å²) in [6, 6.07) is 10.8. The van der Waals surface area contributed by atoms with E-state index in [4.69, 9.17) is 4.74 Å². The van der Waals surface area contributed by atoms with Crippen LogP contribution < -0.4 is 0 Å². The van der Waals surface area contributed by atoms with Crippen LogP contribution in [0.1, 0.15) is 41.2 Å². The molecule has 0 spiro atoms. The van der Waals surface area contributed by atoms with E-state index in [-0.39, 0.29) is 18.0 Å². The number of aryl methyl sites for hydroxylation is 1. The smallest absolute Gasteiger partial charge is 0.338 e. The van der Waals surface area contributed by atoms with E-state index in [0.29, 0.717) is 5.56 Å². The Bertz CT molecular complexity index is 638. The van der Waals surface area contributed by atoms with Crippen molar-refractivity contribution in [3.8, 4) is 0 Å². The molecule has 1 fully saturated rings. The largest absolute Gasteiger partial charge is 0.458 e. The van der Waals surface area contributed by atoms with E-state index in [1.807, 2.05) is 31.3 Å². The summed E-state index contributed by atoms with van der Waals surface area (Å²) in [7, 11) is 1.84. The third-order valence-electron chi connectivity index (χ3n) is 4.27. The summed E-state index contributed by atoms with van der Waals surface area (Å²) in [5, 5.41) is 14.5. The van der Waals surface area contributed by atoms with Crippen molar-refractivity contribution in [1.82, 2.24) is 9.78 Å². The number of hydrogen-bond acceptors (Lipinski definition) is 4. The van der Waals surface area contributed by atoms with E-state index < -0.39 is 6.10 Å². The van der Waals surface area contributed by atoms with Gasteiger partial charge >= 0.3 is 5.97 Å². The molecule has 2 aromatic rings. The minimum atomic E-state index is -0.516. The topological polar surface area (TPSA) is 64.3 Å². The molecule has 1 saturated carbocycles. The molecule has 1 aliphatic rings. The van der Waals surface area contributed by atoms with Crippen LogP contribution in [-0.4, -0.2) is 33.1 Å². The standard InChI is InChI=1S/C17H20N2O3/c1-19-13(10-11-18-19)16-14(20)8-5-9-15(16)22-17(21)12-6-3-2-4-7-12/h2-4,6-7,10-11,14-16,20H,5,8-9H2,1H3. The average Bonchev–Trinajstić information content (AvgIpc) is 2.94. The minimum absolute atomic E-state index is 0.228. The van der Waals surface area contributed by atoms with E-state index in [2.05, 4.69) is 5.10 Å². The van der Waals surface area contributed by atoms with Crippen molar-refractivity contribution >= 4 is 5.97 Å². The molecule has 1 heterocycles. The molecule has 0 aliphatic heterocycles. The van der Waals surface area contributed by atoms with Crippen LogP contribution in [0.25, 0.3) is 0 Å². The van der Waals surface area contributed by atoms with Gasteiger partial charge in [-0.3, -0.25) is 4.68 Å². The number of aliphatic hydroxyl groups excluding tert-OH is 1. The number of carbonyl (C=O) groups excluding carboxylic acids is 1. The molecule has 3 rings (SSSR count). The molecule has 0 amide bonds. The molecule has 5 heteroatoms. The molecule has 5 nitrogen and oxygen atoms in total. The van der Waals surface area contributed by atoms with E-state index in [9.17, 15) is 9.90 Å². The molecule has 22 heavy (non-hydrogen) atoms. The Kier molecular flexibility index (Phi) is 4.24. The summed E-state index contributed by atoms with van der Waals surface area (Å²) >= 11 is 0. The molecule has 3 unspecified atom stereocenters. The fourth-order valence-corrected chi connectivity index (χ4v) is 3.15. The van der Waals surface area contributed by atoms with Gasteiger partial charge in [0.05, 0.1) is 17.6 Å². The molecule has 0 radical (unpaired) electrons. The van der Waals surface area contributed by atoms with Crippen LogP contribution >= 0.6 is 0 Å². The van der Waals surface area contributed by atoms with Crippen LogP contribution in [0.15, 0.2) is 42.6 Å². The second-order valence-corrected chi connectivity index (χ2v) is 5.71. The first kappa shape index (κ1) is 14.8. The van der Waals surface area contributed by atoms with Gasteiger partial charge in [0.1, 0.15) is 6.10 Å². The number of carbonyl (C=O) groups is 1. The lowest BCUT2D eigenvalue weighted by Gasteiger charge is -2.35. The molecule has 1 N–H and O–H groups in total. The lowest BCUT2D eigenvalue weighted by molar-refractivity contribution is -0.0192. The third-order valence-corrected chi connectivity index (χ3v) is 4.27. The Balaban J connectivity index is 1.81. The fourth-order valence-electron chi connectivity index (χ4n) is 3.15. The summed E-state index contributed by atoms with van der Waals surface area (Å²) in [6.45, 7) is 0. The highest BCUT2D eigenvalue weighted by atomic mass is 16.5. The van der Waals surface area contributed by atoms with Gasteiger partial charge in [0, 0.05) is 18.9 Å². The zero-order valence-electron chi connectivity index (χ0n) is 12.6. The number of aliphatic hydroxyl groups is 1. The summed E-state index contributed by atoms with van der Waals surface area (Å²) < 4.78 is 7.44.